The zero-order valence-electron chi connectivity index (χ0n) is 24.4. The Morgan fingerprint density at radius 1 is 0.605 bits per heavy atom. The molecule has 5 aromatic rings. The molecule has 2 aliphatic rings. The Labute approximate surface area is 252 Å². The summed E-state index contributed by atoms with van der Waals surface area (Å²) in [5, 5.41) is 9.72. The van der Waals surface area contributed by atoms with Crippen molar-refractivity contribution in [1.82, 2.24) is 0 Å². The van der Waals surface area contributed by atoms with Crippen LogP contribution in [-0.2, 0) is 18.5 Å². The number of ether oxygens (including phenoxy) is 3. The van der Waals surface area contributed by atoms with Gasteiger partial charge in [0, 0.05) is 41.0 Å². The fourth-order valence-electron chi connectivity index (χ4n) is 5.77. The third-order valence-corrected chi connectivity index (χ3v) is 8.46. The molecule has 2 aliphatic heterocycles. The van der Waals surface area contributed by atoms with E-state index in [-0.39, 0.29) is 11.2 Å². The second kappa shape index (κ2) is 11.0. The minimum absolute atomic E-state index is 0.213. The lowest BCUT2D eigenvalue weighted by molar-refractivity contribution is 0.289. The molecule has 6 nitrogen and oxygen atoms in total. The monoisotopic (exact) mass is 570 g/mol. The number of aromatic hydroxyl groups is 1. The van der Waals surface area contributed by atoms with E-state index in [2.05, 4.69) is 72.2 Å². The van der Waals surface area contributed by atoms with E-state index in [4.69, 9.17) is 14.2 Å². The number of fused-ring (bicyclic) bond motifs is 2. The number of para-hydroxylation sites is 1. The molecule has 7 rings (SSSR count). The Morgan fingerprint density at radius 2 is 1.14 bits per heavy atom. The van der Waals surface area contributed by atoms with Gasteiger partial charge in [-0.2, -0.15) is 0 Å². The summed E-state index contributed by atoms with van der Waals surface area (Å²) in [6.07, 6.45) is 0. The molecule has 0 spiro atoms. The fraction of sp³-hybridized carbons (Fsp3) is 0.189. The van der Waals surface area contributed by atoms with E-state index in [1.54, 1.807) is 12.1 Å². The number of phenols is 1. The molecule has 6 heteroatoms. The van der Waals surface area contributed by atoms with Crippen molar-refractivity contribution < 1.29 is 19.3 Å². The number of nitrogens with zero attached hydrogens (tertiary/aromatic N) is 2. The van der Waals surface area contributed by atoms with Crippen LogP contribution in [0.2, 0.25) is 0 Å². The summed E-state index contributed by atoms with van der Waals surface area (Å²) in [6.45, 7) is 6.99. The summed E-state index contributed by atoms with van der Waals surface area (Å²) in [7, 11) is 0. The first-order valence-corrected chi connectivity index (χ1v) is 14.6. The predicted octanol–water partition coefficient (Wildman–Crippen LogP) is 8.22. The van der Waals surface area contributed by atoms with Gasteiger partial charge in [0.25, 0.3) is 0 Å². The Kier molecular flexibility index (Phi) is 6.82. The predicted molar refractivity (Wildman–Crippen MR) is 169 cm³/mol. The first-order chi connectivity index (χ1) is 20.9. The highest BCUT2D eigenvalue weighted by molar-refractivity contribution is 5.55. The lowest BCUT2D eigenvalue weighted by Gasteiger charge is -2.33. The highest BCUT2D eigenvalue weighted by atomic mass is 16.5. The second-order valence-corrected chi connectivity index (χ2v) is 11.6. The summed E-state index contributed by atoms with van der Waals surface area (Å²) in [6, 6.07) is 38.4. The highest BCUT2D eigenvalue weighted by Gasteiger charge is 2.26. The molecule has 0 saturated heterocycles. The second-order valence-electron chi connectivity index (χ2n) is 11.6. The van der Waals surface area contributed by atoms with Crippen LogP contribution >= 0.6 is 0 Å². The maximum absolute atomic E-state index is 9.72. The average Bonchev–Trinajstić information content (AvgIpc) is 3.05. The Balaban J connectivity index is 1.01. The van der Waals surface area contributed by atoms with Gasteiger partial charge in [-0.1, -0.05) is 50.2 Å². The molecule has 216 valence electrons. The van der Waals surface area contributed by atoms with Gasteiger partial charge in [-0.3, -0.25) is 0 Å². The van der Waals surface area contributed by atoms with Gasteiger partial charge in [0.1, 0.15) is 28.7 Å². The molecule has 43 heavy (non-hydrogen) atoms. The quantitative estimate of drug-likeness (QED) is 0.222. The lowest BCUT2D eigenvalue weighted by Crippen LogP contribution is -2.32. The van der Waals surface area contributed by atoms with Crippen LogP contribution < -0.4 is 24.0 Å². The molecule has 5 aromatic carbocycles. The molecule has 0 amide bonds. The van der Waals surface area contributed by atoms with Crippen LogP contribution in [0.5, 0.6) is 28.7 Å². The van der Waals surface area contributed by atoms with Gasteiger partial charge in [-0.05, 0) is 90.0 Å². The van der Waals surface area contributed by atoms with Crippen LogP contribution in [0.4, 0.5) is 11.4 Å². The van der Waals surface area contributed by atoms with Crippen LogP contribution in [0.25, 0.3) is 0 Å². The average molecular weight is 571 g/mol. The van der Waals surface area contributed by atoms with Gasteiger partial charge in [0.05, 0.1) is 0 Å². The van der Waals surface area contributed by atoms with Crippen molar-refractivity contribution in [2.75, 3.05) is 23.3 Å². The normalized spacial score (nSPS) is 14.3. The molecule has 0 unspecified atom stereocenters. The number of phenolic OH excluding ortho intramolecular Hbond substituents is 1. The molecule has 0 fully saturated rings. The fourth-order valence-corrected chi connectivity index (χ4v) is 5.77. The minimum Gasteiger partial charge on any atom is -0.508 e. The van der Waals surface area contributed by atoms with Gasteiger partial charge < -0.3 is 29.1 Å². The Bertz CT molecular complexity index is 1730. The summed E-state index contributed by atoms with van der Waals surface area (Å²) in [4.78, 5) is 4.42. The summed E-state index contributed by atoms with van der Waals surface area (Å²) in [5.74, 6) is 3.72. The molecule has 0 saturated carbocycles. The van der Waals surface area contributed by atoms with E-state index < -0.39 is 0 Å². The standard InChI is InChI=1S/C37H34N2O4/c1-37(2,28-7-14-32(40)15-8-28)29-9-20-36-27(21-29)23-39(25-42-36)31-12-18-34(19-13-31)43-33-16-10-30(11-17-33)38-22-26-5-3-4-6-35(26)41-24-38/h3-21,40H,22-25H2,1-2H3. The number of hydrogen-bond donors (Lipinski definition) is 1. The number of benzene rings is 5. The summed E-state index contributed by atoms with van der Waals surface area (Å²) < 4.78 is 18.2. The van der Waals surface area contributed by atoms with Gasteiger partial charge >= 0.3 is 0 Å². The van der Waals surface area contributed by atoms with Crippen LogP contribution in [0.1, 0.15) is 36.1 Å². The number of anilines is 2. The van der Waals surface area contributed by atoms with Crippen LogP contribution in [0.15, 0.2) is 115 Å². The van der Waals surface area contributed by atoms with Crippen LogP contribution in [0, 0.1) is 0 Å². The van der Waals surface area contributed by atoms with Crippen molar-refractivity contribution in [3.05, 3.63) is 138 Å². The van der Waals surface area contributed by atoms with Crippen molar-refractivity contribution in [2.45, 2.75) is 32.4 Å². The van der Waals surface area contributed by atoms with E-state index >= 15 is 0 Å². The minimum atomic E-state index is -0.213. The summed E-state index contributed by atoms with van der Waals surface area (Å²) >= 11 is 0. The van der Waals surface area contributed by atoms with E-state index in [9.17, 15) is 5.11 Å². The maximum Gasteiger partial charge on any atom is 0.161 e. The van der Waals surface area contributed by atoms with Gasteiger partial charge in [-0.25, -0.2) is 0 Å². The molecule has 0 radical (unpaired) electrons. The smallest absolute Gasteiger partial charge is 0.161 e. The van der Waals surface area contributed by atoms with Crippen LogP contribution in [0.3, 0.4) is 0 Å². The third-order valence-electron chi connectivity index (χ3n) is 8.46. The van der Waals surface area contributed by atoms with Crippen molar-refractivity contribution in [3.63, 3.8) is 0 Å². The van der Waals surface area contributed by atoms with Gasteiger partial charge in [0.15, 0.2) is 13.5 Å². The van der Waals surface area contributed by atoms with Gasteiger partial charge in [0.2, 0.25) is 0 Å². The highest BCUT2D eigenvalue weighted by Crippen LogP contribution is 2.37. The molecule has 0 bridgehead atoms. The zero-order valence-corrected chi connectivity index (χ0v) is 24.4. The summed E-state index contributed by atoms with van der Waals surface area (Å²) in [5.41, 5.74) is 6.65. The zero-order chi connectivity index (χ0) is 29.4. The van der Waals surface area contributed by atoms with Crippen molar-refractivity contribution >= 4 is 11.4 Å². The van der Waals surface area contributed by atoms with Crippen molar-refractivity contribution in [1.29, 1.82) is 0 Å². The largest absolute Gasteiger partial charge is 0.508 e. The van der Waals surface area contributed by atoms with Crippen molar-refractivity contribution in [3.8, 4) is 28.7 Å². The topological polar surface area (TPSA) is 54.4 Å². The molecule has 0 aliphatic carbocycles. The molecular formula is C37H34N2O4. The molecule has 0 atom stereocenters. The van der Waals surface area contributed by atoms with Crippen molar-refractivity contribution in [2.24, 2.45) is 0 Å². The number of rotatable bonds is 6. The SMILES string of the molecule is CC(C)(c1ccc(O)cc1)c1ccc2c(c1)CN(c1ccc(Oc3ccc(N4COc5ccccc5C4)cc3)cc1)CO2. The first kappa shape index (κ1) is 26.8. The van der Waals surface area contributed by atoms with E-state index in [0.717, 1.165) is 58.6 Å². The third kappa shape index (κ3) is 5.44. The van der Waals surface area contributed by atoms with E-state index in [0.29, 0.717) is 13.5 Å². The maximum atomic E-state index is 9.72. The molecule has 1 N–H and O–H groups in total. The lowest BCUT2D eigenvalue weighted by atomic mass is 9.77. The first-order valence-electron chi connectivity index (χ1n) is 14.6. The Hall–Kier alpha value is -5.10. The molecule has 0 aromatic heterocycles. The van der Waals surface area contributed by atoms with Crippen LogP contribution in [-0.4, -0.2) is 18.6 Å². The van der Waals surface area contributed by atoms with E-state index in [1.807, 2.05) is 54.6 Å². The molecule has 2 heterocycles. The molecular weight excluding hydrogens is 536 g/mol. The Morgan fingerprint density at radius 3 is 1.77 bits per heavy atom. The van der Waals surface area contributed by atoms with E-state index in [1.165, 1.54) is 11.1 Å². The van der Waals surface area contributed by atoms with Gasteiger partial charge in [-0.15, -0.1) is 0 Å². The number of hydrogen-bond acceptors (Lipinski definition) is 6.